The lowest BCUT2D eigenvalue weighted by Crippen LogP contribution is -2.27. The molecule has 3 rings (SSSR count). The molecular weight excluding hydrogens is 316 g/mol. The van der Waals surface area contributed by atoms with Crippen LogP contribution in [0.2, 0.25) is 0 Å². The molecule has 0 radical (unpaired) electrons. The lowest BCUT2D eigenvalue weighted by Gasteiger charge is -2.21. The van der Waals surface area contributed by atoms with Crippen molar-refractivity contribution in [3.05, 3.63) is 36.0 Å². The number of methoxy groups -OCH3 is 1. The number of rotatable bonds is 7. The second-order valence-electron chi connectivity index (χ2n) is 6.50. The Morgan fingerprint density at radius 1 is 1.20 bits per heavy atom. The third-order valence-corrected chi connectivity index (χ3v) is 4.64. The number of fused-ring (bicyclic) bond motifs is 1. The Morgan fingerprint density at radius 3 is 2.84 bits per heavy atom. The molecule has 1 saturated carbocycles. The number of ether oxygens (including phenoxy) is 2. The van der Waals surface area contributed by atoms with Gasteiger partial charge in [-0.25, -0.2) is 4.98 Å². The maximum absolute atomic E-state index is 12.2. The molecule has 1 heterocycles. The topological polar surface area (TPSA) is 60.5 Å². The summed E-state index contributed by atoms with van der Waals surface area (Å²) in [6.45, 7) is 1.31. The first kappa shape index (κ1) is 17.7. The molecule has 5 heteroatoms. The zero-order valence-corrected chi connectivity index (χ0v) is 14.8. The van der Waals surface area contributed by atoms with Crippen LogP contribution in [0.3, 0.4) is 0 Å². The highest BCUT2D eigenvalue weighted by molar-refractivity contribution is 5.95. The summed E-state index contributed by atoms with van der Waals surface area (Å²) in [4.78, 5) is 16.7. The number of carbonyl (C=O) groups excluding carboxylic acids is 1. The number of pyridine rings is 1. The Balaban J connectivity index is 1.45. The van der Waals surface area contributed by atoms with Gasteiger partial charge in [0.2, 0.25) is 0 Å². The van der Waals surface area contributed by atoms with E-state index >= 15 is 0 Å². The number of hydrogen-bond acceptors (Lipinski definition) is 4. The average Bonchev–Trinajstić information content (AvgIpc) is 2.67. The number of aromatic nitrogens is 1. The van der Waals surface area contributed by atoms with E-state index in [1.165, 1.54) is 32.1 Å². The van der Waals surface area contributed by atoms with Gasteiger partial charge in [-0.15, -0.1) is 0 Å². The second kappa shape index (κ2) is 8.81. The van der Waals surface area contributed by atoms with Crippen molar-refractivity contribution in [1.82, 2.24) is 10.3 Å². The average molecular weight is 342 g/mol. The molecule has 1 N–H and O–H groups in total. The summed E-state index contributed by atoms with van der Waals surface area (Å²) >= 11 is 0. The van der Waals surface area contributed by atoms with E-state index in [4.69, 9.17) is 9.47 Å². The molecule has 5 nitrogen and oxygen atoms in total. The van der Waals surface area contributed by atoms with Gasteiger partial charge in [-0.1, -0.05) is 25.3 Å². The van der Waals surface area contributed by atoms with Gasteiger partial charge in [0, 0.05) is 18.5 Å². The smallest absolute Gasteiger partial charge is 0.269 e. The summed E-state index contributed by atoms with van der Waals surface area (Å²) in [6, 6.07) is 9.26. The van der Waals surface area contributed by atoms with Crippen molar-refractivity contribution < 1.29 is 14.3 Å². The van der Waals surface area contributed by atoms with Gasteiger partial charge in [-0.05, 0) is 43.5 Å². The summed E-state index contributed by atoms with van der Waals surface area (Å²) < 4.78 is 11.1. The number of carbonyl (C=O) groups is 1. The van der Waals surface area contributed by atoms with E-state index < -0.39 is 0 Å². The van der Waals surface area contributed by atoms with E-state index in [9.17, 15) is 4.79 Å². The predicted octanol–water partition coefficient (Wildman–Crippen LogP) is 3.71. The maximum atomic E-state index is 12.2. The van der Waals surface area contributed by atoms with E-state index in [1.54, 1.807) is 13.2 Å². The predicted molar refractivity (Wildman–Crippen MR) is 98.1 cm³/mol. The Labute approximate surface area is 148 Å². The van der Waals surface area contributed by atoms with Gasteiger partial charge in [0.1, 0.15) is 11.4 Å². The SMILES string of the molecule is COc1ccc2nc(C(=O)NCCCOC3CCCCC3)ccc2c1. The first-order valence-electron chi connectivity index (χ1n) is 9.11. The van der Waals surface area contributed by atoms with Crippen LogP contribution < -0.4 is 10.1 Å². The van der Waals surface area contributed by atoms with Gasteiger partial charge in [0.05, 0.1) is 18.7 Å². The summed E-state index contributed by atoms with van der Waals surface area (Å²) in [5, 5.41) is 3.87. The van der Waals surface area contributed by atoms with Crippen LogP contribution >= 0.6 is 0 Å². The second-order valence-corrected chi connectivity index (χ2v) is 6.50. The van der Waals surface area contributed by atoms with Crippen LogP contribution in [0.4, 0.5) is 0 Å². The number of benzene rings is 1. The normalized spacial score (nSPS) is 15.2. The van der Waals surface area contributed by atoms with Crippen LogP contribution in [0, 0.1) is 0 Å². The Hall–Kier alpha value is -2.14. The Kier molecular flexibility index (Phi) is 6.23. The molecule has 0 unspecified atom stereocenters. The van der Waals surface area contributed by atoms with Crippen molar-refractivity contribution in [3.63, 3.8) is 0 Å². The van der Waals surface area contributed by atoms with Crippen molar-refractivity contribution in [3.8, 4) is 5.75 Å². The highest BCUT2D eigenvalue weighted by Gasteiger charge is 2.13. The molecule has 1 aliphatic carbocycles. The lowest BCUT2D eigenvalue weighted by atomic mass is 9.98. The maximum Gasteiger partial charge on any atom is 0.269 e. The molecule has 2 aromatic rings. The van der Waals surface area contributed by atoms with Crippen LogP contribution in [0.1, 0.15) is 49.0 Å². The largest absolute Gasteiger partial charge is 0.497 e. The van der Waals surface area contributed by atoms with Crippen molar-refractivity contribution in [2.75, 3.05) is 20.3 Å². The summed E-state index contributed by atoms with van der Waals surface area (Å²) in [5.74, 6) is 0.639. The van der Waals surface area contributed by atoms with Gasteiger partial charge in [0.25, 0.3) is 5.91 Å². The first-order chi connectivity index (χ1) is 12.3. The van der Waals surface area contributed by atoms with Gasteiger partial charge in [-0.2, -0.15) is 0 Å². The third kappa shape index (κ3) is 4.92. The monoisotopic (exact) mass is 342 g/mol. The fraction of sp³-hybridized carbons (Fsp3) is 0.500. The van der Waals surface area contributed by atoms with E-state index in [0.29, 0.717) is 24.9 Å². The molecular formula is C20H26N2O3. The van der Waals surface area contributed by atoms with E-state index in [0.717, 1.165) is 23.1 Å². The molecule has 0 aliphatic heterocycles. The number of hydrogen-bond donors (Lipinski definition) is 1. The minimum absolute atomic E-state index is 0.143. The number of nitrogens with zero attached hydrogens (tertiary/aromatic N) is 1. The zero-order chi connectivity index (χ0) is 17.5. The summed E-state index contributed by atoms with van der Waals surface area (Å²) in [6.07, 6.45) is 7.50. The van der Waals surface area contributed by atoms with Gasteiger partial charge >= 0.3 is 0 Å². The summed E-state index contributed by atoms with van der Waals surface area (Å²) in [5.41, 5.74) is 1.22. The van der Waals surface area contributed by atoms with Crippen molar-refractivity contribution in [2.45, 2.75) is 44.6 Å². The molecule has 0 saturated heterocycles. The van der Waals surface area contributed by atoms with Crippen LogP contribution in [0.25, 0.3) is 10.9 Å². The van der Waals surface area contributed by atoms with Gasteiger partial charge in [0.15, 0.2) is 0 Å². The zero-order valence-electron chi connectivity index (χ0n) is 14.8. The van der Waals surface area contributed by atoms with Crippen LogP contribution in [-0.4, -0.2) is 37.3 Å². The molecule has 1 fully saturated rings. The Bertz CT molecular complexity index is 711. The molecule has 0 spiro atoms. The first-order valence-corrected chi connectivity index (χ1v) is 9.11. The fourth-order valence-corrected chi connectivity index (χ4v) is 3.20. The van der Waals surface area contributed by atoms with E-state index in [2.05, 4.69) is 10.3 Å². The number of amides is 1. The van der Waals surface area contributed by atoms with E-state index in [-0.39, 0.29) is 5.91 Å². The standard InChI is InChI=1S/C20H26N2O3/c1-24-17-9-11-18-15(14-17)8-10-19(22-18)20(23)21-12-5-13-25-16-6-3-2-4-7-16/h8-11,14,16H,2-7,12-13H2,1H3,(H,21,23). The molecule has 0 atom stereocenters. The molecule has 1 aromatic heterocycles. The van der Waals surface area contributed by atoms with Crippen molar-refractivity contribution >= 4 is 16.8 Å². The number of nitrogens with one attached hydrogen (secondary N) is 1. The van der Waals surface area contributed by atoms with Crippen molar-refractivity contribution in [2.24, 2.45) is 0 Å². The van der Waals surface area contributed by atoms with Crippen LogP contribution in [0.5, 0.6) is 5.75 Å². The van der Waals surface area contributed by atoms with Crippen LogP contribution in [-0.2, 0) is 4.74 Å². The van der Waals surface area contributed by atoms with Gasteiger partial charge < -0.3 is 14.8 Å². The molecule has 0 bridgehead atoms. The molecule has 134 valence electrons. The fourth-order valence-electron chi connectivity index (χ4n) is 3.20. The van der Waals surface area contributed by atoms with Gasteiger partial charge in [-0.3, -0.25) is 4.79 Å². The molecule has 1 aromatic carbocycles. The summed E-state index contributed by atoms with van der Waals surface area (Å²) in [7, 11) is 1.63. The Morgan fingerprint density at radius 2 is 2.04 bits per heavy atom. The quantitative estimate of drug-likeness (QED) is 0.779. The minimum Gasteiger partial charge on any atom is -0.497 e. The third-order valence-electron chi connectivity index (χ3n) is 4.64. The molecule has 1 aliphatic rings. The highest BCUT2D eigenvalue weighted by Crippen LogP contribution is 2.20. The van der Waals surface area contributed by atoms with Crippen molar-refractivity contribution in [1.29, 1.82) is 0 Å². The minimum atomic E-state index is -0.143. The van der Waals surface area contributed by atoms with Crippen LogP contribution in [0.15, 0.2) is 30.3 Å². The van der Waals surface area contributed by atoms with E-state index in [1.807, 2.05) is 24.3 Å². The molecule has 25 heavy (non-hydrogen) atoms. The lowest BCUT2D eigenvalue weighted by molar-refractivity contribution is 0.0273. The highest BCUT2D eigenvalue weighted by atomic mass is 16.5. The molecule has 1 amide bonds.